The molecular formula is C11H20N4S. The topological polar surface area (TPSA) is 63.8 Å². The van der Waals surface area contributed by atoms with E-state index in [2.05, 4.69) is 43.1 Å². The van der Waals surface area contributed by atoms with E-state index >= 15 is 0 Å². The average molecular weight is 240 g/mol. The van der Waals surface area contributed by atoms with Crippen LogP contribution in [0.2, 0.25) is 0 Å². The van der Waals surface area contributed by atoms with Gasteiger partial charge in [-0.15, -0.1) is 11.8 Å². The Morgan fingerprint density at radius 1 is 1.38 bits per heavy atom. The van der Waals surface area contributed by atoms with Crippen LogP contribution < -0.4 is 11.3 Å². The first-order chi connectivity index (χ1) is 7.44. The van der Waals surface area contributed by atoms with Crippen molar-refractivity contribution in [2.75, 3.05) is 5.43 Å². The van der Waals surface area contributed by atoms with Gasteiger partial charge in [-0.25, -0.2) is 15.8 Å². The molecule has 5 heteroatoms. The third-order valence-corrected chi connectivity index (χ3v) is 2.81. The van der Waals surface area contributed by atoms with Crippen LogP contribution in [0, 0.1) is 0 Å². The van der Waals surface area contributed by atoms with Crippen molar-refractivity contribution in [2.24, 2.45) is 5.84 Å². The molecule has 0 unspecified atom stereocenters. The van der Waals surface area contributed by atoms with Crippen molar-refractivity contribution >= 4 is 17.6 Å². The van der Waals surface area contributed by atoms with E-state index in [1.54, 1.807) is 11.8 Å². The second-order valence-corrected chi connectivity index (χ2v) is 6.46. The maximum Gasteiger partial charge on any atom is 0.144 e. The lowest BCUT2D eigenvalue weighted by Crippen LogP contribution is -2.12. The van der Waals surface area contributed by atoms with Crippen molar-refractivity contribution in [2.45, 2.75) is 50.3 Å². The van der Waals surface area contributed by atoms with Crippen molar-refractivity contribution < 1.29 is 0 Å². The third-order valence-electron chi connectivity index (χ3n) is 1.78. The molecule has 0 aromatic carbocycles. The van der Waals surface area contributed by atoms with Gasteiger partial charge in [0.25, 0.3) is 0 Å². The molecule has 0 amide bonds. The molecule has 1 rings (SSSR count). The van der Waals surface area contributed by atoms with E-state index < -0.39 is 0 Å². The fourth-order valence-electron chi connectivity index (χ4n) is 1.25. The minimum atomic E-state index is 0.143. The number of aromatic nitrogens is 2. The summed E-state index contributed by atoms with van der Waals surface area (Å²) in [6.45, 7) is 8.60. The summed E-state index contributed by atoms with van der Waals surface area (Å²) in [6, 6.07) is 1.88. The van der Waals surface area contributed by atoms with Gasteiger partial charge < -0.3 is 5.43 Å². The van der Waals surface area contributed by atoms with E-state index in [0.717, 1.165) is 23.7 Å². The van der Waals surface area contributed by atoms with Crippen LogP contribution in [0.5, 0.6) is 0 Å². The number of nitrogen functional groups attached to an aromatic ring is 1. The Labute approximate surface area is 101 Å². The highest BCUT2D eigenvalue weighted by Gasteiger charge is 2.14. The molecule has 0 bridgehead atoms. The van der Waals surface area contributed by atoms with Crippen molar-refractivity contribution in [1.82, 2.24) is 9.97 Å². The monoisotopic (exact) mass is 240 g/mol. The van der Waals surface area contributed by atoms with Crippen molar-refractivity contribution in [3.05, 3.63) is 11.9 Å². The van der Waals surface area contributed by atoms with Crippen LogP contribution in [-0.4, -0.2) is 14.7 Å². The maximum absolute atomic E-state index is 5.40. The van der Waals surface area contributed by atoms with Gasteiger partial charge in [0.05, 0.1) is 0 Å². The molecule has 0 saturated heterocycles. The first-order valence-corrected chi connectivity index (χ1v) is 6.30. The summed E-state index contributed by atoms with van der Waals surface area (Å²) < 4.78 is 0.143. The van der Waals surface area contributed by atoms with E-state index in [1.165, 1.54) is 0 Å². The zero-order valence-corrected chi connectivity index (χ0v) is 11.2. The fraction of sp³-hybridized carbons (Fsp3) is 0.636. The standard InChI is InChI=1S/C11H20N4S/c1-5-6-8-13-9(15-12)7-10(14-8)16-11(2,3)4/h7H,5-6,12H2,1-4H3,(H,13,14,15). The average Bonchev–Trinajstić information content (AvgIpc) is 2.15. The Kier molecular flexibility index (Phi) is 4.56. The molecule has 0 aliphatic heterocycles. The minimum absolute atomic E-state index is 0.143. The SMILES string of the molecule is CCCc1nc(NN)cc(SC(C)(C)C)n1. The van der Waals surface area contributed by atoms with Crippen LogP contribution in [-0.2, 0) is 6.42 Å². The Balaban J connectivity index is 2.95. The Bertz CT molecular complexity index is 346. The van der Waals surface area contributed by atoms with Gasteiger partial charge in [0, 0.05) is 17.2 Å². The molecule has 0 radical (unpaired) electrons. The summed E-state index contributed by atoms with van der Waals surface area (Å²) in [4.78, 5) is 8.82. The summed E-state index contributed by atoms with van der Waals surface area (Å²) in [5.41, 5.74) is 2.59. The predicted octanol–water partition coefficient (Wildman–Crippen LogP) is 2.61. The molecule has 0 atom stereocenters. The van der Waals surface area contributed by atoms with E-state index in [1.807, 2.05) is 6.07 Å². The summed E-state index contributed by atoms with van der Waals surface area (Å²) in [5.74, 6) is 6.93. The van der Waals surface area contributed by atoms with Crippen LogP contribution in [0.3, 0.4) is 0 Å². The lowest BCUT2D eigenvalue weighted by molar-refractivity contribution is 0.784. The summed E-state index contributed by atoms with van der Waals surface area (Å²) in [6.07, 6.45) is 1.92. The van der Waals surface area contributed by atoms with E-state index in [4.69, 9.17) is 5.84 Å². The summed E-state index contributed by atoms with van der Waals surface area (Å²) in [5, 5.41) is 0.971. The van der Waals surface area contributed by atoms with Crippen molar-refractivity contribution in [3.63, 3.8) is 0 Å². The molecule has 0 spiro atoms. The quantitative estimate of drug-likeness (QED) is 0.366. The van der Waals surface area contributed by atoms with E-state index in [9.17, 15) is 0 Å². The largest absolute Gasteiger partial charge is 0.308 e. The van der Waals surface area contributed by atoms with Crippen LogP contribution in [0.15, 0.2) is 11.1 Å². The number of rotatable bonds is 4. The fourth-order valence-corrected chi connectivity index (χ4v) is 2.20. The number of anilines is 1. The number of thioether (sulfide) groups is 1. The second-order valence-electron chi connectivity index (χ2n) is 4.62. The molecule has 90 valence electrons. The molecular weight excluding hydrogens is 220 g/mol. The van der Waals surface area contributed by atoms with Crippen LogP contribution >= 0.6 is 11.8 Å². The number of hydrogen-bond donors (Lipinski definition) is 2. The molecule has 16 heavy (non-hydrogen) atoms. The van der Waals surface area contributed by atoms with Gasteiger partial charge in [0.15, 0.2) is 0 Å². The van der Waals surface area contributed by atoms with Gasteiger partial charge in [-0.3, -0.25) is 0 Å². The van der Waals surface area contributed by atoms with Crippen LogP contribution in [0.25, 0.3) is 0 Å². The molecule has 1 aromatic rings. The molecule has 1 heterocycles. The van der Waals surface area contributed by atoms with Gasteiger partial charge in [-0.2, -0.15) is 0 Å². The predicted molar refractivity (Wildman–Crippen MR) is 69.4 cm³/mol. The molecule has 3 N–H and O–H groups in total. The lowest BCUT2D eigenvalue weighted by Gasteiger charge is -2.17. The normalized spacial score (nSPS) is 11.6. The van der Waals surface area contributed by atoms with Gasteiger partial charge in [-0.05, 0) is 6.42 Å². The zero-order chi connectivity index (χ0) is 12.2. The van der Waals surface area contributed by atoms with E-state index in [0.29, 0.717) is 5.82 Å². The molecule has 0 aliphatic rings. The first-order valence-electron chi connectivity index (χ1n) is 5.48. The zero-order valence-electron chi connectivity index (χ0n) is 10.4. The number of nitrogens with zero attached hydrogens (tertiary/aromatic N) is 2. The van der Waals surface area contributed by atoms with Crippen LogP contribution in [0.1, 0.15) is 39.9 Å². The molecule has 4 nitrogen and oxygen atoms in total. The van der Waals surface area contributed by atoms with Crippen molar-refractivity contribution in [1.29, 1.82) is 0 Å². The Hall–Kier alpha value is -0.810. The van der Waals surface area contributed by atoms with Crippen molar-refractivity contribution in [3.8, 4) is 0 Å². The highest BCUT2D eigenvalue weighted by molar-refractivity contribution is 8.00. The van der Waals surface area contributed by atoms with Gasteiger partial charge in [-0.1, -0.05) is 27.7 Å². The lowest BCUT2D eigenvalue weighted by atomic mass is 10.3. The highest BCUT2D eigenvalue weighted by atomic mass is 32.2. The van der Waals surface area contributed by atoms with E-state index in [-0.39, 0.29) is 4.75 Å². The van der Waals surface area contributed by atoms with Gasteiger partial charge in [0.2, 0.25) is 0 Å². The number of hydrogen-bond acceptors (Lipinski definition) is 5. The number of hydrazine groups is 1. The minimum Gasteiger partial charge on any atom is -0.308 e. The highest BCUT2D eigenvalue weighted by Crippen LogP contribution is 2.31. The maximum atomic E-state index is 5.40. The third kappa shape index (κ3) is 4.37. The molecule has 1 aromatic heterocycles. The smallest absolute Gasteiger partial charge is 0.144 e. The van der Waals surface area contributed by atoms with Gasteiger partial charge in [0.1, 0.15) is 16.7 Å². The first kappa shape index (κ1) is 13.3. The molecule has 0 fully saturated rings. The second kappa shape index (κ2) is 5.50. The Morgan fingerprint density at radius 2 is 2.06 bits per heavy atom. The Morgan fingerprint density at radius 3 is 2.56 bits per heavy atom. The number of nitrogens with one attached hydrogen (secondary N) is 1. The summed E-state index contributed by atoms with van der Waals surface area (Å²) >= 11 is 1.72. The summed E-state index contributed by atoms with van der Waals surface area (Å²) in [7, 11) is 0. The van der Waals surface area contributed by atoms with Crippen LogP contribution in [0.4, 0.5) is 5.82 Å². The molecule has 0 aliphatic carbocycles. The number of aryl methyl sites for hydroxylation is 1. The molecule has 0 saturated carbocycles. The van der Waals surface area contributed by atoms with Gasteiger partial charge >= 0.3 is 0 Å². The number of nitrogens with two attached hydrogens (primary N) is 1.